The summed E-state index contributed by atoms with van der Waals surface area (Å²) < 4.78 is 5.92. The second-order valence-electron chi connectivity index (χ2n) is 9.23. The maximum Gasteiger partial charge on any atom is 0.305 e. The van der Waals surface area contributed by atoms with Crippen molar-refractivity contribution in [2.24, 2.45) is 5.73 Å². The number of nitrogens with two attached hydrogens (primary N) is 1. The summed E-state index contributed by atoms with van der Waals surface area (Å²) >= 11 is 0. The Hall–Kier alpha value is -4.17. The molecule has 0 radical (unpaired) electrons. The van der Waals surface area contributed by atoms with Crippen molar-refractivity contribution in [2.45, 2.75) is 31.7 Å². The summed E-state index contributed by atoms with van der Waals surface area (Å²) in [5.41, 5.74) is 8.12. The largest absolute Gasteiger partial charge is 0.494 e. The van der Waals surface area contributed by atoms with Gasteiger partial charge in [-0.2, -0.15) is 0 Å². The van der Waals surface area contributed by atoms with Gasteiger partial charge in [-0.3, -0.25) is 19.3 Å². The van der Waals surface area contributed by atoms with Gasteiger partial charge in [0.25, 0.3) is 5.91 Å². The molecule has 3 aromatic carbocycles. The lowest BCUT2D eigenvalue weighted by molar-refractivity contribution is -0.137. The van der Waals surface area contributed by atoms with E-state index in [-0.39, 0.29) is 25.4 Å². The fourth-order valence-corrected chi connectivity index (χ4v) is 4.67. The maximum absolute atomic E-state index is 13.9. The highest BCUT2D eigenvalue weighted by Gasteiger charge is 2.37. The average molecular weight is 516 g/mol. The van der Waals surface area contributed by atoms with Crippen molar-refractivity contribution < 1.29 is 24.2 Å². The molecule has 1 heterocycles. The van der Waals surface area contributed by atoms with Crippen LogP contribution >= 0.6 is 0 Å². The van der Waals surface area contributed by atoms with E-state index in [9.17, 15) is 19.5 Å². The van der Waals surface area contributed by atoms with E-state index in [0.717, 1.165) is 30.4 Å². The molecule has 0 fully saturated rings. The van der Waals surface area contributed by atoms with E-state index in [2.05, 4.69) is 0 Å². The Balaban J connectivity index is 1.78. The topological polar surface area (TPSA) is 113 Å². The minimum atomic E-state index is -1.03. The molecule has 0 saturated carbocycles. The van der Waals surface area contributed by atoms with Gasteiger partial charge in [0.05, 0.1) is 30.3 Å². The van der Waals surface area contributed by atoms with Crippen molar-refractivity contribution in [3.63, 3.8) is 0 Å². The van der Waals surface area contributed by atoms with Crippen LogP contribution in [0.15, 0.2) is 78.9 Å². The normalized spacial score (nSPS) is 13.4. The van der Waals surface area contributed by atoms with Crippen molar-refractivity contribution in [3.05, 3.63) is 95.6 Å². The fraction of sp³-hybridized carbons (Fsp3) is 0.300. The van der Waals surface area contributed by atoms with E-state index < -0.39 is 17.9 Å². The molecule has 8 heteroatoms. The SMILES string of the molecule is NCCCCCOc1ccc2c(c1)C(=O)N(CCC(=O)O)CC(=O)N2C(c1ccccc1)c1ccccc1. The standard InChI is InChI=1S/C30H33N3O5/c31-17-8-3-9-19-38-24-14-15-26-25(20-24)30(37)32(18-16-28(35)36)21-27(34)33(26)29(22-10-4-1-5-11-22)23-12-6-2-7-13-23/h1-2,4-7,10-15,20,29H,3,8-9,16-19,21,31H2,(H,35,36). The molecular weight excluding hydrogens is 482 g/mol. The van der Waals surface area contributed by atoms with Crippen LogP contribution in [0.2, 0.25) is 0 Å². The zero-order valence-electron chi connectivity index (χ0n) is 21.3. The maximum atomic E-state index is 13.9. The van der Waals surface area contributed by atoms with Crippen LogP contribution in [0.3, 0.4) is 0 Å². The number of aliphatic carboxylic acids is 1. The highest BCUT2D eigenvalue weighted by atomic mass is 16.5. The number of amides is 2. The highest BCUT2D eigenvalue weighted by molar-refractivity contribution is 6.10. The fourth-order valence-electron chi connectivity index (χ4n) is 4.67. The predicted molar refractivity (Wildman–Crippen MR) is 145 cm³/mol. The summed E-state index contributed by atoms with van der Waals surface area (Å²) in [7, 11) is 0. The van der Waals surface area contributed by atoms with Gasteiger partial charge in [-0.1, -0.05) is 60.7 Å². The smallest absolute Gasteiger partial charge is 0.305 e. The quantitative estimate of drug-likeness (QED) is 0.349. The summed E-state index contributed by atoms with van der Waals surface area (Å²) in [6.45, 7) is 0.813. The number of fused-ring (bicyclic) bond motifs is 1. The molecule has 3 aromatic rings. The van der Waals surface area contributed by atoms with Gasteiger partial charge < -0.3 is 20.5 Å². The van der Waals surface area contributed by atoms with E-state index in [4.69, 9.17) is 10.5 Å². The van der Waals surface area contributed by atoms with Crippen LogP contribution in [0, 0.1) is 0 Å². The lowest BCUT2D eigenvalue weighted by Gasteiger charge is -2.33. The summed E-state index contributed by atoms with van der Waals surface area (Å²) in [5.74, 6) is -1.21. The Morgan fingerprint density at radius 3 is 2.18 bits per heavy atom. The molecule has 2 amide bonds. The number of rotatable bonds is 12. The highest BCUT2D eigenvalue weighted by Crippen LogP contribution is 2.38. The zero-order valence-corrected chi connectivity index (χ0v) is 21.3. The number of carbonyl (C=O) groups excluding carboxylic acids is 2. The van der Waals surface area contributed by atoms with Gasteiger partial charge in [0.15, 0.2) is 0 Å². The third-order valence-electron chi connectivity index (χ3n) is 6.54. The summed E-state index contributed by atoms with van der Waals surface area (Å²) in [5, 5.41) is 9.24. The number of anilines is 1. The van der Waals surface area contributed by atoms with Crippen LogP contribution in [0.25, 0.3) is 0 Å². The van der Waals surface area contributed by atoms with Crippen molar-refractivity contribution in [2.75, 3.05) is 31.1 Å². The molecule has 0 aliphatic carbocycles. The summed E-state index contributed by atoms with van der Waals surface area (Å²) in [4.78, 5) is 41.8. The van der Waals surface area contributed by atoms with Gasteiger partial charge >= 0.3 is 5.97 Å². The van der Waals surface area contributed by atoms with Crippen LogP contribution in [-0.4, -0.2) is 54.0 Å². The lowest BCUT2D eigenvalue weighted by atomic mass is 9.95. The van der Waals surface area contributed by atoms with Gasteiger partial charge in [-0.15, -0.1) is 0 Å². The number of carboxylic acid groups (broad SMARTS) is 1. The van der Waals surface area contributed by atoms with Gasteiger partial charge in [0.2, 0.25) is 5.91 Å². The van der Waals surface area contributed by atoms with Crippen molar-refractivity contribution in [1.82, 2.24) is 4.90 Å². The number of benzene rings is 3. The van der Waals surface area contributed by atoms with Crippen LogP contribution in [0.4, 0.5) is 5.69 Å². The third-order valence-corrected chi connectivity index (χ3v) is 6.54. The molecule has 0 bridgehead atoms. The van der Waals surface area contributed by atoms with Crippen molar-refractivity contribution >= 4 is 23.5 Å². The molecule has 38 heavy (non-hydrogen) atoms. The molecule has 8 nitrogen and oxygen atoms in total. The third kappa shape index (κ3) is 6.39. The number of ether oxygens (including phenoxy) is 1. The molecule has 1 aliphatic heterocycles. The summed E-state index contributed by atoms with van der Waals surface area (Å²) in [6.07, 6.45) is 2.44. The Morgan fingerprint density at radius 2 is 1.58 bits per heavy atom. The summed E-state index contributed by atoms with van der Waals surface area (Å²) in [6, 6.07) is 24.0. The number of hydrogen-bond acceptors (Lipinski definition) is 5. The second-order valence-corrected chi connectivity index (χ2v) is 9.23. The van der Waals surface area contributed by atoms with Gasteiger partial charge in [0, 0.05) is 6.54 Å². The number of nitrogens with zero attached hydrogens (tertiary/aromatic N) is 2. The molecular formula is C30H33N3O5. The van der Waals surface area contributed by atoms with E-state index in [1.165, 1.54) is 4.90 Å². The molecule has 1 aliphatic rings. The van der Waals surface area contributed by atoms with Gasteiger partial charge in [-0.05, 0) is 55.1 Å². The van der Waals surface area contributed by atoms with E-state index in [0.29, 0.717) is 30.2 Å². The monoisotopic (exact) mass is 515 g/mol. The Kier molecular flexibility index (Phi) is 9.11. The lowest BCUT2D eigenvalue weighted by Crippen LogP contribution is -2.42. The first kappa shape index (κ1) is 26.9. The van der Waals surface area contributed by atoms with Crippen LogP contribution in [0.5, 0.6) is 5.75 Å². The van der Waals surface area contributed by atoms with Gasteiger partial charge in [-0.25, -0.2) is 0 Å². The minimum absolute atomic E-state index is 0.0707. The zero-order chi connectivity index (χ0) is 26.9. The minimum Gasteiger partial charge on any atom is -0.494 e. The molecule has 3 N–H and O–H groups in total. The van der Waals surface area contributed by atoms with E-state index in [1.807, 2.05) is 60.7 Å². The van der Waals surface area contributed by atoms with Crippen molar-refractivity contribution in [3.8, 4) is 5.75 Å². The Bertz CT molecular complexity index is 1210. The first-order chi connectivity index (χ1) is 18.5. The van der Waals surface area contributed by atoms with Crippen LogP contribution in [-0.2, 0) is 9.59 Å². The first-order valence-electron chi connectivity index (χ1n) is 12.9. The molecule has 198 valence electrons. The number of unbranched alkanes of at least 4 members (excludes halogenated alkanes) is 2. The molecule has 0 atom stereocenters. The molecule has 0 spiro atoms. The van der Waals surface area contributed by atoms with E-state index >= 15 is 0 Å². The van der Waals surface area contributed by atoms with Gasteiger partial charge in [0.1, 0.15) is 12.3 Å². The van der Waals surface area contributed by atoms with Crippen molar-refractivity contribution in [1.29, 1.82) is 0 Å². The first-order valence-corrected chi connectivity index (χ1v) is 12.9. The van der Waals surface area contributed by atoms with Crippen LogP contribution < -0.4 is 15.4 Å². The molecule has 0 unspecified atom stereocenters. The number of carbonyl (C=O) groups is 3. The van der Waals surface area contributed by atoms with Crippen LogP contribution in [0.1, 0.15) is 53.2 Å². The Labute approximate surface area is 222 Å². The molecule has 0 saturated heterocycles. The number of carboxylic acids is 1. The number of hydrogen-bond donors (Lipinski definition) is 2. The predicted octanol–water partition coefficient (Wildman–Crippen LogP) is 4.25. The van der Waals surface area contributed by atoms with E-state index in [1.54, 1.807) is 23.1 Å². The average Bonchev–Trinajstić information content (AvgIpc) is 3.03. The molecule has 0 aromatic heterocycles. The second kappa shape index (κ2) is 12.9. The Morgan fingerprint density at radius 1 is 0.921 bits per heavy atom. The molecule has 4 rings (SSSR count).